The Bertz CT molecular complexity index is 573. The Hall–Kier alpha value is -1.75. The number of thiazole rings is 1. The fourth-order valence-electron chi connectivity index (χ4n) is 2.52. The molecule has 1 saturated heterocycles. The van der Waals surface area contributed by atoms with Crippen LogP contribution >= 0.6 is 11.3 Å². The van der Waals surface area contributed by atoms with Gasteiger partial charge in [0.05, 0.1) is 17.1 Å². The van der Waals surface area contributed by atoms with Crippen LogP contribution in [0.5, 0.6) is 0 Å². The van der Waals surface area contributed by atoms with E-state index in [-0.39, 0.29) is 0 Å². The molecule has 1 fully saturated rings. The SMILES string of the molecule is CCc1csc(N2CCN(c3ccccc3N)CC2)n1. The van der Waals surface area contributed by atoms with E-state index in [1.54, 1.807) is 11.3 Å². The maximum absolute atomic E-state index is 6.05. The molecule has 0 spiro atoms. The smallest absolute Gasteiger partial charge is 0.185 e. The molecule has 0 radical (unpaired) electrons. The number of aryl methyl sites for hydroxylation is 1. The first-order valence-corrected chi connectivity index (χ1v) is 7.94. The lowest BCUT2D eigenvalue weighted by atomic mass is 10.2. The highest BCUT2D eigenvalue weighted by Crippen LogP contribution is 2.26. The van der Waals surface area contributed by atoms with Crippen LogP contribution in [0.25, 0.3) is 0 Å². The molecule has 2 N–H and O–H groups in total. The van der Waals surface area contributed by atoms with Crippen molar-refractivity contribution in [1.82, 2.24) is 4.98 Å². The fourth-order valence-corrected chi connectivity index (χ4v) is 3.48. The van der Waals surface area contributed by atoms with Gasteiger partial charge in [0.2, 0.25) is 0 Å². The monoisotopic (exact) mass is 288 g/mol. The number of hydrogen-bond donors (Lipinski definition) is 1. The van der Waals surface area contributed by atoms with Crippen LogP contribution in [0.1, 0.15) is 12.6 Å². The molecule has 2 heterocycles. The second-order valence-corrected chi connectivity index (χ2v) is 5.84. The van der Waals surface area contributed by atoms with Crippen molar-refractivity contribution in [3.05, 3.63) is 35.3 Å². The van der Waals surface area contributed by atoms with Crippen LogP contribution in [0, 0.1) is 0 Å². The summed E-state index contributed by atoms with van der Waals surface area (Å²) >= 11 is 1.75. The van der Waals surface area contributed by atoms with Gasteiger partial charge in [-0.05, 0) is 18.6 Å². The number of aromatic nitrogens is 1. The zero-order chi connectivity index (χ0) is 13.9. The average Bonchev–Trinajstić information content (AvgIpc) is 2.97. The van der Waals surface area contributed by atoms with Crippen molar-refractivity contribution in [3.63, 3.8) is 0 Å². The molecule has 0 bridgehead atoms. The predicted molar refractivity (Wildman–Crippen MR) is 86.8 cm³/mol. The third-order valence-electron chi connectivity index (χ3n) is 3.73. The first-order chi connectivity index (χ1) is 9.78. The Morgan fingerprint density at radius 2 is 1.85 bits per heavy atom. The zero-order valence-electron chi connectivity index (χ0n) is 11.7. The Morgan fingerprint density at radius 3 is 2.50 bits per heavy atom. The quantitative estimate of drug-likeness (QED) is 0.882. The highest BCUT2D eigenvalue weighted by atomic mass is 32.1. The van der Waals surface area contributed by atoms with Crippen LogP contribution in [0.15, 0.2) is 29.6 Å². The van der Waals surface area contributed by atoms with E-state index in [4.69, 9.17) is 5.73 Å². The van der Waals surface area contributed by atoms with Crippen molar-refractivity contribution in [2.45, 2.75) is 13.3 Å². The van der Waals surface area contributed by atoms with E-state index < -0.39 is 0 Å². The summed E-state index contributed by atoms with van der Waals surface area (Å²) in [6, 6.07) is 8.10. The molecule has 2 aromatic rings. The number of nitrogen functional groups attached to an aromatic ring is 1. The van der Waals surface area contributed by atoms with Crippen LogP contribution in [0.3, 0.4) is 0 Å². The van der Waals surface area contributed by atoms with Crippen LogP contribution in [-0.4, -0.2) is 31.2 Å². The van der Waals surface area contributed by atoms with Gasteiger partial charge in [-0.2, -0.15) is 0 Å². The number of hydrogen-bond acceptors (Lipinski definition) is 5. The average molecular weight is 288 g/mol. The van der Waals surface area contributed by atoms with Crippen LogP contribution < -0.4 is 15.5 Å². The highest BCUT2D eigenvalue weighted by Gasteiger charge is 2.20. The lowest BCUT2D eigenvalue weighted by Crippen LogP contribution is -2.46. The number of nitrogens with two attached hydrogens (primary N) is 1. The zero-order valence-corrected chi connectivity index (χ0v) is 12.6. The molecule has 3 rings (SSSR count). The normalized spacial score (nSPS) is 15.7. The standard InChI is InChI=1S/C15H20N4S/c1-2-12-11-20-15(17-12)19-9-7-18(8-10-19)14-6-4-3-5-13(14)16/h3-6,11H,2,7-10,16H2,1H3. The summed E-state index contributed by atoms with van der Waals surface area (Å²) in [6.07, 6.45) is 1.01. The molecule has 0 saturated carbocycles. The third-order valence-corrected chi connectivity index (χ3v) is 4.68. The van der Waals surface area contributed by atoms with Crippen molar-refractivity contribution in [1.29, 1.82) is 0 Å². The summed E-state index contributed by atoms with van der Waals surface area (Å²) < 4.78 is 0. The maximum Gasteiger partial charge on any atom is 0.185 e. The summed E-state index contributed by atoms with van der Waals surface area (Å²) in [5.41, 5.74) is 9.26. The number of piperazine rings is 1. The van der Waals surface area contributed by atoms with Crippen molar-refractivity contribution in [3.8, 4) is 0 Å². The highest BCUT2D eigenvalue weighted by molar-refractivity contribution is 7.13. The summed E-state index contributed by atoms with van der Waals surface area (Å²) in [4.78, 5) is 9.40. The third kappa shape index (κ3) is 2.58. The first-order valence-electron chi connectivity index (χ1n) is 7.06. The minimum Gasteiger partial charge on any atom is -0.397 e. The van der Waals surface area contributed by atoms with Gasteiger partial charge in [-0.1, -0.05) is 19.1 Å². The van der Waals surface area contributed by atoms with Crippen molar-refractivity contribution < 1.29 is 0 Å². The van der Waals surface area contributed by atoms with Gasteiger partial charge in [0.25, 0.3) is 0 Å². The molecule has 5 heteroatoms. The maximum atomic E-state index is 6.05. The Kier molecular flexibility index (Phi) is 3.78. The second-order valence-electron chi connectivity index (χ2n) is 5.01. The lowest BCUT2D eigenvalue weighted by Gasteiger charge is -2.36. The summed E-state index contributed by atoms with van der Waals surface area (Å²) in [5, 5.41) is 3.32. The van der Waals surface area contributed by atoms with Crippen molar-refractivity contribution in [2.75, 3.05) is 41.7 Å². The number of nitrogens with zero attached hydrogens (tertiary/aromatic N) is 3. The summed E-state index contributed by atoms with van der Waals surface area (Å²) in [6.45, 7) is 6.15. The van der Waals surface area contributed by atoms with E-state index in [1.807, 2.05) is 18.2 Å². The second kappa shape index (κ2) is 5.71. The van der Waals surface area contributed by atoms with Gasteiger partial charge >= 0.3 is 0 Å². The van der Waals surface area contributed by atoms with E-state index in [2.05, 4.69) is 33.2 Å². The molecule has 1 aliphatic rings. The van der Waals surface area contributed by atoms with Gasteiger partial charge in [0, 0.05) is 31.6 Å². The van der Waals surface area contributed by atoms with E-state index in [1.165, 1.54) is 5.69 Å². The van der Waals surface area contributed by atoms with Crippen molar-refractivity contribution in [2.24, 2.45) is 0 Å². The molecule has 20 heavy (non-hydrogen) atoms. The number of para-hydroxylation sites is 2. The van der Waals surface area contributed by atoms with Gasteiger partial charge in [-0.3, -0.25) is 0 Å². The van der Waals surface area contributed by atoms with Crippen LogP contribution in [0.4, 0.5) is 16.5 Å². The number of anilines is 3. The predicted octanol–water partition coefficient (Wildman–Crippen LogP) is 2.61. The number of benzene rings is 1. The molecule has 106 valence electrons. The topological polar surface area (TPSA) is 45.4 Å². The fraction of sp³-hybridized carbons (Fsp3) is 0.400. The Morgan fingerprint density at radius 1 is 1.15 bits per heavy atom. The summed E-state index contributed by atoms with van der Waals surface area (Å²) in [7, 11) is 0. The Balaban J connectivity index is 1.66. The molecule has 0 amide bonds. The Labute approximate surface area is 123 Å². The van der Waals surface area contributed by atoms with Gasteiger partial charge in [-0.25, -0.2) is 4.98 Å². The molecule has 1 aromatic heterocycles. The van der Waals surface area contributed by atoms with Crippen molar-refractivity contribution >= 4 is 27.8 Å². The lowest BCUT2D eigenvalue weighted by molar-refractivity contribution is 0.652. The number of rotatable bonds is 3. The molecular formula is C15H20N4S. The van der Waals surface area contributed by atoms with Crippen LogP contribution in [-0.2, 0) is 6.42 Å². The van der Waals surface area contributed by atoms with E-state index in [0.29, 0.717) is 0 Å². The minimum absolute atomic E-state index is 0.864. The summed E-state index contributed by atoms with van der Waals surface area (Å²) in [5.74, 6) is 0. The molecule has 1 aromatic carbocycles. The molecule has 4 nitrogen and oxygen atoms in total. The molecular weight excluding hydrogens is 268 g/mol. The van der Waals surface area contributed by atoms with Crippen LogP contribution in [0.2, 0.25) is 0 Å². The van der Waals surface area contributed by atoms with E-state index in [0.717, 1.165) is 49.1 Å². The van der Waals surface area contributed by atoms with Gasteiger partial charge in [0.15, 0.2) is 5.13 Å². The molecule has 0 unspecified atom stereocenters. The molecule has 1 aliphatic heterocycles. The minimum atomic E-state index is 0.864. The largest absolute Gasteiger partial charge is 0.397 e. The molecule has 0 aliphatic carbocycles. The van der Waals surface area contributed by atoms with Gasteiger partial charge in [0.1, 0.15) is 0 Å². The van der Waals surface area contributed by atoms with Gasteiger partial charge < -0.3 is 15.5 Å². The molecule has 0 atom stereocenters. The first kappa shape index (κ1) is 13.2. The van der Waals surface area contributed by atoms with Gasteiger partial charge in [-0.15, -0.1) is 11.3 Å². The van der Waals surface area contributed by atoms with E-state index >= 15 is 0 Å². The van der Waals surface area contributed by atoms with E-state index in [9.17, 15) is 0 Å².